The standard InChI is InChI=1S/C8H21N3.ClH/c9-5-2-1-3-7-11-8-4-6-10;/h11H,1-10H2;1H. The van der Waals surface area contributed by atoms with Crippen molar-refractivity contribution >= 4 is 12.4 Å². The zero-order valence-corrected chi connectivity index (χ0v) is 8.54. The molecule has 0 aliphatic rings. The van der Waals surface area contributed by atoms with Gasteiger partial charge < -0.3 is 16.8 Å². The fourth-order valence-corrected chi connectivity index (χ4v) is 0.923. The minimum Gasteiger partial charge on any atom is -0.330 e. The molecular weight excluding hydrogens is 174 g/mol. The lowest BCUT2D eigenvalue weighted by molar-refractivity contribution is 0.595. The topological polar surface area (TPSA) is 64.1 Å². The second-order valence-corrected chi connectivity index (χ2v) is 2.74. The number of rotatable bonds is 8. The van der Waals surface area contributed by atoms with E-state index in [0.717, 1.165) is 39.0 Å². The lowest BCUT2D eigenvalue weighted by atomic mass is 10.2. The van der Waals surface area contributed by atoms with Crippen LogP contribution in [0, 0.1) is 0 Å². The highest BCUT2D eigenvalue weighted by atomic mass is 35.5. The molecule has 0 atom stereocenters. The van der Waals surface area contributed by atoms with Gasteiger partial charge in [0.15, 0.2) is 0 Å². The number of hydrogen-bond donors (Lipinski definition) is 3. The summed E-state index contributed by atoms with van der Waals surface area (Å²) in [4.78, 5) is 0. The summed E-state index contributed by atoms with van der Waals surface area (Å²) in [6.45, 7) is 3.78. The molecule has 5 N–H and O–H groups in total. The maximum Gasteiger partial charge on any atom is -0.00369 e. The average Bonchev–Trinajstić information content (AvgIpc) is 2.03. The second kappa shape index (κ2) is 13.7. The van der Waals surface area contributed by atoms with Crippen LogP contribution in [-0.2, 0) is 0 Å². The summed E-state index contributed by atoms with van der Waals surface area (Å²) >= 11 is 0. The first-order chi connectivity index (χ1) is 5.41. The molecular formula is C8H22ClN3. The SMILES string of the molecule is Cl.NCCCCCNCCCN. The molecule has 0 unspecified atom stereocenters. The van der Waals surface area contributed by atoms with Crippen LogP contribution >= 0.6 is 12.4 Å². The van der Waals surface area contributed by atoms with Gasteiger partial charge in [-0.05, 0) is 45.4 Å². The van der Waals surface area contributed by atoms with Crippen molar-refractivity contribution in [2.75, 3.05) is 26.2 Å². The van der Waals surface area contributed by atoms with Crippen LogP contribution in [0.25, 0.3) is 0 Å². The smallest absolute Gasteiger partial charge is 0.00369 e. The molecule has 0 amide bonds. The van der Waals surface area contributed by atoms with Gasteiger partial charge in [-0.1, -0.05) is 6.42 Å². The van der Waals surface area contributed by atoms with Gasteiger partial charge in [0, 0.05) is 0 Å². The Balaban J connectivity index is 0. The van der Waals surface area contributed by atoms with Crippen LogP contribution in [0.4, 0.5) is 0 Å². The Kier molecular flexibility index (Phi) is 16.8. The van der Waals surface area contributed by atoms with E-state index in [-0.39, 0.29) is 12.4 Å². The van der Waals surface area contributed by atoms with Crippen molar-refractivity contribution < 1.29 is 0 Å². The Morgan fingerprint density at radius 3 is 1.92 bits per heavy atom. The lowest BCUT2D eigenvalue weighted by Crippen LogP contribution is -2.19. The van der Waals surface area contributed by atoms with E-state index in [1.165, 1.54) is 12.8 Å². The van der Waals surface area contributed by atoms with E-state index in [0.29, 0.717) is 0 Å². The molecule has 0 saturated heterocycles. The van der Waals surface area contributed by atoms with Crippen molar-refractivity contribution in [3.05, 3.63) is 0 Å². The Labute approximate surface area is 81.7 Å². The molecule has 0 aromatic carbocycles. The quantitative estimate of drug-likeness (QED) is 0.494. The van der Waals surface area contributed by atoms with Gasteiger partial charge in [-0.2, -0.15) is 0 Å². The summed E-state index contributed by atoms with van der Waals surface area (Å²) in [5.41, 5.74) is 10.7. The fourth-order valence-electron chi connectivity index (χ4n) is 0.923. The summed E-state index contributed by atoms with van der Waals surface area (Å²) < 4.78 is 0. The Morgan fingerprint density at radius 1 is 0.750 bits per heavy atom. The minimum atomic E-state index is 0. The summed E-state index contributed by atoms with van der Waals surface area (Å²) in [7, 11) is 0. The molecule has 0 rings (SSSR count). The van der Waals surface area contributed by atoms with E-state index in [1.54, 1.807) is 0 Å². The molecule has 0 fully saturated rings. The second-order valence-electron chi connectivity index (χ2n) is 2.74. The molecule has 0 saturated carbocycles. The minimum absolute atomic E-state index is 0. The Hall–Kier alpha value is 0.170. The molecule has 12 heavy (non-hydrogen) atoms. The molecule has 4 heteroatoms. The van der Waals surface area contributed by atoms with Gasteiger partial charge in [0.2, 0.25) is 0 Å². The molecule has 0 aromatic rings. The van der Waals surface area contributed by atoms with Crippen LogP contribution in [0.15, 0.2) is 0 Å². The number of halogens is 1. The van der Waals surface area contributed by atoms with Crippen LogP contribution in [0.5, 0.6) is 0 Å². The van der Waals surface area contributed by atoms with E-state index in [4.69, 9.17) is 11.5 Å². The van der Waals surface area contributed by atoms with Crippen molar-refractivity contribution in [3.8, 4) is 0 Å². The molecule has 0 heterocycles. The van der Waals surface area contributed by atoms with Gasteiger partial charge in [0.1, 0.15) is 0 Å². The number of nitrogens with one attached hydrogen (secondary N) is 1. The predicted molar refractivity (Wildman–Crippen MR) is 56.7 cm³/mol. The fraction of sp³-hybridized carbons (Fsp3) is 1.00. The third-order valence-electron chi connectivity index (χ3n) is 1.62. The molecule has 76 valence electrons. The molecule has 0 spiro atoms. The number of nitrogens with two attached hydrogens (primary N) is 2. The van der Waals surface area contributed by atoms with Gasteiger partial charge in [0.25, 0.3) is 0 Å². The zero-order valence-electron chi connectivity index (χ0n) is 7.72. The predicted octanol–water partition coefficient (Wildman–Crippen LogP) is 0.476. The third-order valence-corrected chi connectivity index (χ3v) is 1.62. The van der Waals surface area contributed by atoms with Gasteiger partial charge in [-0.15, -0.1) is 12.4 Å². The first-order valence-electron chi connectivity index (χ1n) is 4.52. The van der Waals surface area contributed by atoms with Crippen molar-refractivity contribution in [1.82, 2.24) is 5.32 Å². The molecule has 0 bridgehead atoms. The first-order valence-corrected chi connectivity index (χ1v) is 4.52. The normalized spacial score (nSPS) is 9.50. The van der Waals surface area contributed by atoms with E-state index in [2.05, 4.69) is 5.32 Å². The van der Waals surface area contributed by atoms with Gasteiger partial charge in [-0.25, -0.2) is 0 Å². The number of unbranched alkanes of at least 4 members (excludes halogenated alkanes) is 2. The van der Waals surface area contributed by atoms with Crippen LogP contribution < -0.4 is 16.8 Å². The van der Waals surface area contributed by atoms with Gasteiger partial charge in [-0.3, -0.25) is 0 Å². The molecule has 3 nitrogen and oxygen atoms in total. The zero-order chi connectivity index (χ0) is 8.36. The lowest BCUT2D eigenvalue weighted by Gasteiger charge is -2.02. The number of hydrogen-bond acceptors (Lipinski definition) is 3. The first kappa shape index (κ1) is 14.7. The van der Waals surface area contributed by atoms with E-state index in [9.17, 15) is 0 Å². The third kappa shape index (κ3) is 12.8. The Bertz CT molecular complexity index is 63.3. The largest absolute Gasteiger partial charge is 0.330 e. The highest BCUT2D eigenvalue weighted by molar-refractivity contribution is 5.85. The van der Waals surface area contributed by atoms with Crippen LogP contribution in [0.2, 0.25) is 0 Å². The summed E-state index contributed by atoms with van der Waals surface area (Å²) in [6.07, 6.45) is 4.71. The summed E-state index contributed by atoms with van der Waals surface area (Å²) in [6, 6.07) is 0. The Morgan fingerprint density at radius 2 is 1.33 bits per heavy atom. The highest BCUT2D eigenvalue weighted by Crippen LogP contribution is 1.90. The van der Waals surface area contributed by atoms with Crippen LogP contribution in [-0.4, -0.2) is 26.2 Å². The van der Waals surface area contributed by atoms with Crippen molar-refractivity contribution in [3.63, 3.8) is 0 Å². The summed E-state index contributed by atoms with van der Waals surface area (Å²) in [5.74, 6) is 0. The highest BCUT2D eigenvalue weighted by Gasteiger charge is 1.87. The van der Waals surface area contributed by atoms with E-state index >= 15 is 0 Å². The maximum absolute atomic E-state index is 5.35. The summed E-state index contributed by atoms with van der Waals surface area (Å²) in [5, 5.41) is 3.32. The van der Waals surface area contributed by atoms with E-state index < -0.39 is 0 Å². The van der Waals surface area contributed by atoms with Gasteiger partial charge in [0.05, 0.1) is 0 Å². The van der Waals surface area contributed by atoms with Crippen molar-refractivity contribution in [2.45, 2.75) is 25.7 Å². The van der Waals surface area contributed by atoms with Crippen LogP contribution in [0.1, 0.15) is 25.7 Å². The molecule has 0 aromatic heterocycles. The van der Waals surface area contributed by atoms with Crippen molar-refractivity contribution in [1.29, 1.82) is 0 Å². The average molecular weight is 196 g/mol. The van der Waals surface area contributed by atoms with Gasteiger partial charge >= 0.3 is 0 Å². The molecule has 0 radical (unpaired) electrons. The monoisotopic (exact) mass is 195 g/mol. The van der Waals surface area contributed by atoms with E-state index in [1.807, 2.05) is 0 Å². The molecule has 0 aliphatic carbocycles. The van der Waals surface area contributed by atoms with Crippen LogP contribution in [0.3, 0.4) is 0 Å². The maximum atomic E-state index is 5.35. The molecule has 0 aliphatic heterocycles. The van der Waals surface area contributed by atoms with Crippen molar-refractivity contribution in [2.24, 2.45) is 11.5 Å².